The maximum Gasteiger partial charge on any atom is 0.166 e. The van der Waals surface area contributed by atoms with E-state index in [0.29, 0.717) is 22.9 Å². The molecule has 0 fully saturated rings. The molecule has 0 atom stereocenters. The van der Waals surface area contributed by atoms with E-state index in [9.17, 15) is 2.74 Å². The Morgan fingerprint density at radius 3 is 1.84 bits per heavy atom. The van der Waals surface area contributed by atoms with Crippen LogP contribution in [0.4, 0.5) is 0 Å². The average molecular weight is 765 g/mol. The number of hydrogen-bond donors (Lipinski definition) is 0. The molecule has 0 spiro atoms. The van der Waals surface area contributed by atoms with Gasteiger partial charge in [0, 0.05) is 47.6 Å². The molecule has 0 aliphatic rings. The first-order valence-corrected chi connectivity index (χ1v) is 19.7. The Hall–Kier alpha value is -7.47. The summed E-state index contributed by atoms with van der Waals surface area (Å²) < 4.78 is 75.6. The van der Waals surface area contributed by atoms with Crippen LogP contribution in [0.3, 0.4) is 0 Å². The second-order valence-electron chi connectivity index (χ2n) is 14.2. The van der Waals surface area contributed by atoms with Gasteiger partial charge in [-0.3, -0.25) is 0 Å². The number of hydrogen-bond acceptors (Lipinski definition) is 4. The third-order valence-corrected chi connectivity index (χ3v) is 12.0. The van der Waals surface area contributed by atoms with Crippen LogP contribution in [0.2, 0.25) is 0 Å². The summed E-state index contributed by atoms with van der Waals surface area (Å²) in [4.78, 5) is 15.5. The van der Waals surface area contributed by atoms with E-state index in [2.05, 4.69) is 60.7 Å². The van der Waals surface area contributed by atoms with Crippen LogP contribution >= 0.6 is 11.3 Å². The van der Waals surface area contributed by atoms with Gasteiger partial charge in [-0.15, -0.1) is 11.3 Å². The number of fused-ring (bicyclic) bond motifs is 8. The quantitative estimate of drug-likeness (QED) is 0.164. The van der Waals surface area contributed by atoms with Crippen molar-refractivity contribution in [3.05, 3.63) is 194 Å². The van der Waals surface area contributed by atoms with E-state index in [4.69, 9.17) is 23.2 Å². The molecule has 0 aliphatic carbocycles. The number of nitrogens with zero attached hydrogens (tertiary/aromatic N) is 4. The Labute approximate surface area is 349 Å². The minimum absolute atomic E-state index is 0.00130. The second-order valence-corrected chi connectivity index (χ2v) is 15.3. The molecule has 270 valence electrons. The van der Waals surface area contributed by atoms with E-state index in [1.165, 1.54) is 4.57 Å². The topological polar surface area (TPSA) is 43.6 Å². The van der Waals surface area contributed by atoms with E-state index in [0.717, 1.165) is 64.0 Å². The van der Waals surface area contributed by atoms with Crippen molar-refractivity contribution >= 4 is 74.9 Å². The van der Waals surface area contributed by atoms with Crippen LogP contribution in [0.25, 0.3) is 115 Å². The van der Waals surface area contributed by atoms with Gasteiger partial charge in [0.25, 0.3) is 0 Å². The normalized spacial score (nSPS) is 13.7. The molecule has 5 heteroatoms. The summed E-state index contributed by atoms with van der Waals surface area (Å²) >= 11 is 1.69. The number of rotatable bonds is 5. The molecular weight excluding hydrogens is 725 g/mol. The highest BCUT2D eigenvalue weighted by Gasteiger charge is 2.21. The summed E-state index contributed by atoms with van der Waals surface area (Å²) in [6, 6.07) is 44.8. The smallest absolute Gasteiger partial charge is 0.166 e. The summed E-state index contributed by atoms with van der Waals surface area (Å²) in [5.74, 6) is 1.04. The maximum absolute atomic E-state index is 9.34. The number of benzene rings is 9. The van der Waals surface area contributed by atoms with Crippen molar-refractivity contribution in [1.29, 1.82) is 0 Å². The zero-order valence-corrected chi connectivity index (χ0v) is 31.4. The Bertz CT molecular complexity index is 3980. The van der Waals surface area contributed by atoms with Gasteiger partial charge in [-0.05, 0) is 81.2 Å². The van der Waals surface area contributed by atoms with Gasteiger partial charge in [0.05, 0.1) is 27.7 Å². The average Bonchev–Trinajstić information content (AvgIpc) is 3.92. The lowest BCUT2D eigenvalue weighted by atomic mass is 9.94. The first kappa shape index (κ1) is 25.6. The number of thiophene rings is 1. The molecule has 4 nitrogen and oxygen atoms in total. The fourth-order valence-electron chi connectivity index (χ4n) is 8.16. The fraction of sp³-hybridized carbons (Fsp3) is 0. The van der Waals surface area contributed by atoms with E-state index < -0.39 is 48.3 Å². The standard InChI is InChI=1S/C53H32N4S/c1-2-13-33(14-3-1)51-54-52(38-25-27-43-42-20-8-11-24-49(42)58-50(43)32-38)56-53(55-51)45-31-37(39-21-12-17-36-29-34-15-4-5-16-35(34)30-44(36)39)26-28-48(45)57-46-22-9-6-18-40(46)41-19-7-10-23-47(41)57/h1-32H/i6D,7D,9D,10D,18D,19D,22D,23D. The lowest BCUT2D eigenvalue weighted by Gasteiger charge is -2.17. The molecule has 0 N–H and O–H groups in total. The molecular formula is C53H32N4S. The van der Waals surface area contributed by atoms with Crippen molar-refractivity contribution in [3.63, 3.8) is 0 Å². The highest BCUT2D eigenvalue weighted by atomic mass is 32.1. The molecule has 58 heavy (non-hydrogen) atoms. The summed E-state index contributed by atoms with van der Waals surface area (Å²) in [5.41, 5.74) is 4.00. The SMILES string of the molecule is [2H]c1c([2H])c([2H])c2c(c1[2H])c1c([2H])c([2H])c([2H])c([2H])c1n2-c1ccc(-c2cccc3cc4ccccc4cc23)cc1-c1nc(-c2ccccc2)nc(-c2ccc3c(c2)sc2ccccc23)n1. The molecule has 12 rings (SSSR count). The van der Waals surface area contributed by atoms with Crippen molar-refractivity contribution in [2.75, 3.05) is 0 Å². The first-order valence-electron chi connectivity index (χ1n) is 22.9. The molecule has 3 aromatic heterocycles. The van der Waals surface area contributed by atoms with Crippen molar-refractivity contribution in [3.8, 4) is 51.0 Å². The van der Waals surface area contributed by atoms with Gasteiger partial charge in [-0.1, -0.05) is 145 Å². The van der Waals surface area contributed by atoms with Crippen molar-refractivity contribution in [1.82, 2.24) is 19.5 Å². The predicted octanol–water partition coefficient (Wildman–Crippen LogP) is 14.3. The van der Waals surface area contributed by atoms with Crippen LogP contribution in [0.1, 0.15) is 11.0 Å². The van der Waals surface area contributed by atoms with Crippen LogP contribution in [-0.2, 0) is 0 Å². The largest absolute Gasteiger partial charge is 0.309 e. The van der Waals surface area contributed by atoms with Gasteiger partial charge < -0.3 is 4.57 Å². The van der Waals surface area contributed by atoms with Crippen molar-refractivity contribution < 1.29 is 11.0 Å². The first-order chi connectivity index (χ1) is 32.0. The van der Waals surface area contributed by atoms with E-state index >= 15 is 0 Å². The molecule has 0 aliphatic heterocycles. The number of para-hydroxylation sites is 2. The molecule has 0 saturated heterocycles. The molecule has 12 aromatic rings. The molecule has 3 heterocycles. The van der Waals surface area contributed by atoms with E-state index in [-0.39, 0.29) is 27.6 Å². The van der Waals surface area contributed by atoms with Gasteiger partial charge >= 0.3 is 0 Å². The van der Waals surface area contributed by atoms with Gasteiger partial charge in [0.1, 0.15) is 0 Å². The number of aromatic nitrogens is 4. The van der Waals surface area contributed by atoms with Crippen molar-refractivity contribution in [2.24, 2.45) is 0 Å². The van der Waals surface area contributed by atoms with Crippen molar-refractivity contribution in [2.45, 2.75) is 0 Å². The Morgan fingerprint density at radius 2 is 1.03 bits per heavy atom. The second kappa shape index (κ2) is 13.1. The molecule has 0 amide bonds. The molecule has 0 saturated carbocycles. The Morgan fingerprint density at radius 1 is 0.397 bits per heavy atom. The van der Waals surface area contributed by atoms with Gasteiger partial charge in [0.2, 0.25) is 0 Å². The third kappa shape index (κ3) is 5.25. The Kier molecular flexibility index (Phi) is 5.77. The fourth-order valence-corrected chi connectivity index (χ4v) is 9.31. The molecule has 9 aromatic carbocycles. The molecule has 0 unspecified atom stereocenters. The van der Waals surface area contributed by atoms with Crippen LogP contribution < -0.4 is 0 Å². The molecule has 0 radical (unpaired) electrons. The van der Waals surface area contributed by atoms with Crippen LogP contribution in [0, 0.1) is 0 Å². The van der Waals surface area contributed by atoms with Gasteiger partial charge in [0.15, 0.2) is 17.5 Å². The highest BCUT2D eigenvalue weighted by Crippen LogP contribution is 2.41. The van der Waals surface area contributed by atoms with E-state index in [1.807, 2.05) is 84.9 Å². The lowest BCUT2D eigenvalue weighted by molar-refractivity contribution is 1.07. The Balaban J connectivity index is 1.21. The van der Waals surface area contributed by atoms with E-state index in [1.54, 1.807) is 11.3 Å². The van der Waals surface area contributed by atoms with Crippen LogP contribution in [0.15, 0.2) is 194 Å². The maximum atomic E-state index is 9.34. The highest BCUT2D eigenvalue weighted by molar-refractivity contribution is 7.25. The van der Waals surface area contributed by atoms with Crippen LogP contribution in [-0.4, -0.2) is 19.5 Å². The zero-order valence-electron chi connectivity index (χ0n) is 38.6. The van der Waals surface area contributed by atoms with Gasteiger partial charge in [-0.25, -0.2) is 15.0 Å². The predicted molar refractivity (Wildman–Crippen MR) is 244 cm³/mol. The van der Waals surface area contributed by atoms with Gasteiger partial charge in [-0.2, -0.15) is 0 Å². The summed E-state index contributed by atoms with van der Waals surface area (Å²) in [5, 5.41) is 6.48. The zero-order chi connectivity index (χ0) is 45.1. The minimum atomic E-state index is -0.511. The summed E-state index contributed by atoms with van der Waals surface area (Å²) in [7, 11) is 0. The summed E-state index contributed by atoms with van der Waals surface area (Å²) in [6.07, 6.45) is 0. The lowest BCUT2D eigenvalue weighted by Crippen LogP contribution is -2.04. The monoisotopic (exact) mass is 764 g/mol. The summed E-state index contributed by atoms with van der Waals surface area (Å²) in [6.45, 7) is 0. The van der Waals surface area contributed by atoms with Crippen LogP contribution in [0.5, 0.6) is 0 Å². The molecule has 0 bridgehead atoms. The minimum Gasteiger partial charge on any atom is -0.309 e. The third-order valence-electron chi connectivity index (χ3n) is 10.9.